The summed E-state index contributed by atoms with van der Waals surface area (Å²) in [6, 6.07) is 0. The van der Waals surface area contributed by atoms with E-state index in [-0.39, 0.29) is 6.10 Å². The third-order valence-electron chi connectivity index (χ3n) is 4.01. The Bertz CT molecular complexity index is 209. The molecule has 0 bridgehead atoms. The number of rotatable bonds is 4. The zero-order valence-corrected chi connectivity index (χ0v) is 10.5. The maximum Gasteiger partial charge on any atom is 0.0608 e. The lowest BCUT2D eigenvalue weighted by Crippen LogP contribution is -2.38. The predicted molar refractivity (Wildman–Crippen MR) is 65.7 cm³/mol. The average Bonchev–Trinajstić information content (AvgIpc) is 2.19. The van der Waals surface area contributed by atoms with Crippen molar-refractivity contribution in [2.24, 2.45) is 17.8 Å². The topological polar surface area (TPSA) is 20.2 Å². The van der Waals surface area contributed by atoms with E-state index in [2.05, 4.69) is 27.4 Å². The Labute approximate surface area is 94.6 Å². The molecule has 1 aliphatic rings. The van der Waals surface area contributed by atoms with E-state index >= 15 is 0 Å². The molecule has 15 heavy (non-hydrogen) atoms. The van der Waals surface area contributed by atoms with Crippen molar-refractivity contribution >= 4 is 0 Å². The van der Waals surface area contributed by atoms with Crippen LogP contribution in [0.25, 0.3) is 0 Å². The van der Waals surface area contributed by atoms with Gasteiger partial charge in [0.1, 0.15) is 0 Å². The lowest BCUT2D eigenvalue weighted by atomic mass is 9.66. The van der Waals surface area contributed by atoms with E-state index in [1.165, 1.54) is 31.3 Å². The maximum atomic E-state index is 10.1. The largest absolute Gasteiger partial charge is 0.392 e. The molecular formula is C14H26O. The quantitative estimate of drug-likeness (QED) is 0.700. The van der Waals surface area contributed by atoms with E-state index in [0.29, 0.717) is 11.8 Å². The van der Waals surface area contributed by atoms with Gasteiger partial charge in [0.05, 0.1) is 6.10 Å². The molecular weight excluding hydrogens is 184 g/mol. The molecule has 1 N–H and O–H groups in total. The van der Waals surface area contributed by atoms with Crippen LogP contribution in [0.3, 0.4) is 0 Å². The van der Waals surface area contributed by atoms with E-state index in [0.717, 1.165) is 12.3 Å². The van der Waals surface area contributed by atoms with E-state index in [4.69, 9.17) is 0 Å². The molecule has 0 aromatic heterocycles. The Morgan fingerprint density at radius 3 is 2.47 bits per heavy atom. The fourth-order valence-corrected chi connectivity index (χ4v) is 3.37. The Morgan fingerprint density at radius 1 is 1.33 bits per heavy atom. The minimum atomic E-state index is -0.138. The Morgan fingerprint density at radius 2 is 2.00 bits per heavy atom. The Kier molecular flexibility index (Phi) is 4.85. The fraction of sp³-hybridized carbons (Fsp3) is 0.857. The van der Waals surface area contributed by atoms with Gasteiger partial charge in [-0.1, -0.05) is 45.3 Å². The number of aliphatic hydroxyl groups excluding tert-OH is 1. The lowest BCUT2D eigenvalue weighted by Gasteiger charge is -2.41. The molecule has 0 spiro atoms. The summed E-state index contributed by atoms with van der Waals surface area (Å²) in [7, 11) is 0. The molecule has 1 nitrogen and oxygen atoms in total. The highest BCUT2D eigenvalue weighted by molar-refractivity contribution is 5.05. The molecule has 0 saturated heterocycles. The van der Waals surface area contributed by atoms with E-state index in [9.17, 15) is 5.11 Å². The second kappa shape index (κ2) is 5.69. The van der Waals surface area contributed by atoms with Crippen molar-refractivity contribution in [1.82, 2.24) is 0 Å². The molecule has 0 aromatic rings. The van der Waals surface area contributed by atoms with E-state index in [1.807, 2.05) is 0 Å². The second-order valence-corrected chi connectivity index (χ2v) is 5.14. The van der Waals surface area contributed by atoms with Gasteiger partial charge in [-0.2, -0.15) is 0 Å². The van der Waals surface area contributed by atoms with Crippen LogP contribution in [-0.2, 0) is 0 Å². The second-order valence-electron chi connectivity index (χ2n) is 5.14. The predicted octanol–water partition coefficient (Wildman–Crippen LogP) is 3.78. The van der Waals surface area contributed by atoms with E-state index < -0.39 is 0 Å². The minimum Gasteiger partial charge on any atom is -0.392 e. The summed E-state index contributed by atoms with van der Waals surface area (Å²) >= 11 is 0. The van der Waals surface area contributed by atoms with Crippen molar-refractivity contribution in [3.05, 3.63) is 12.2 Å². The molecule has 0 amide bonds. The third kappa shape index (κ3) is 2.84. The fourth-order valence-electron chi connectivity index (χ4n) is 3.37. The summed E-state index contributed by atoms with van der Waals surface area (Å²) in [5.74, 6) is 1.82. The SMILES string of the molecule is C=C(C)C1C(O)CCC(CCC)C1CC. The van der Waals surface area contributed by atoms with Gasteiger partial charge in [-0.05, 0) is 31.6 Å². The van der Waals surface area contributed by atoms with Gasteiger partial charge in [-0.25, -0.2) is 0 Å². The van der Waals surface area contributed by atoms with Crippen molar-refractivity contribution in [1.29, 1.82) is 0 Å². The van der Waals surface area contributed by atoms with Gasteiger partial charge < -0.3 is 5.11 Å². The highest BCUT2D eigenvalue weighted by atomic mass is 16.3. The van der Waals surface area contributed by atoms with Gasteiger partial charge in [-0.3, -0.25) is 0 Å². The molecule has 1 aliphatic carbocycles. The van der Waals surface area contributed by atoms with Crippen LogP contribution in [0, 0.1) is 17.8 Å². The van der Waals surface area contributed by atoms with Gasteiger partial charge in [0.15, 0.2) is 0 Å². The Balaban J connectivity index is 2.76. The van der Waals surface area contributed by atoms with Crippen LogP contribution in [0.4, 0.5) is 0 Å². The van der Waals surface area contributed by atoms with Gasteiger partial charge in [0.2, 0.25) is 0 Å². The van der Waals surface area contributed by atoms with Crippen molar-refractivity contribution in [3.8, 4) is 0 Å². The summed E-state index contributed by atoms with van der Waals surface area (Å²) in [6.45, 7) is 10.6. The summed E-state index contributed by atoms with van der Waals surface area (Å²) in [5.41, 5.74) is 1.18. The third-order valence-corrected chi connectivity index (χ3v) is 4.01. The molecule has 0 aromatic carbocycles. The molecule has 0 radical (unpaired) electrons. The van der Waals surface area contributed by atoms with Gasteiger partial charge in [0, 0.05) is 5.92 Å². The van der Waals surface area contributed by atoms with Crippen molar-refractivity contribution in [3.63, 3.8) is 0 Å². The van der Waals surface area contributed by atoms with Crippen molar-refractivity contribution in [2.45, 2.75) is 59.0 Å². The number of hydrogen-bond acceptors (Lipinski definition) is 1. The monoisotopic (exact) mass is 210 g/mol. The first-order valence-corrected chi connectivity index (χ1v) is 6.45. The van der Waals surface area contributed by atoms with Crippen LogP contribution < -0.4 is 0 Å². The molecule has 0 heterocycles. The first-order valence-electron chi connectivity index (χ1n) is 6.45. The summed E-state index contributed by atoms with van der Waals surface area (Å²) in [5, 5.41) is 10.1. The van der Waals surface area contributed by atoms with Crippen LogP contribution in [0.5, 0.6) is 0 Å². The standard InChI is InChI=1S/C14H26O/c1-5-7-11-8-9-13(15)14(10(3)4)12(11)6-2/h11-15H,3,5-9H2,1-2,4H3. The molecule has 1 rings (SSSR count). The molecule has 1 saturated carbocycles. The molecule has 1 fully saturated rings. The van der Waals surface area contributed by atoms with Crippen LogP contribution in [0.2, 0.25) is 0 Å². The smallest absolute Gasteiger partial charge is 0.0608 e. The molecule has 88 valence electrons. The first kappa shape index (κ1) is 12.8. The van der Waals surface area contributed by atoms with Crippen molar-refractivity contribution in [2.75, 3.05) is 0 Å². The summed E-state index contributed by atoms with van der Waals surface area (Å²) in [6.07, 6.45) is 5.80. The van der Waals surface area contributed by atoms with Crippen LogP contribution >= 0.6 is 0 Å². The summed E-state index contributed by atoms with van der Waals surface area (Å²) in [4.78, 5) is 0. The van der Waals surface area contributed by atoms with E-state index in [1.54, 1.807) is 0 Å². The van der Waals surface area contributed by atoms with Crippen LogP contribution in [0.15, 0.2) is 12.2 Å². The normalized spacial score (nSPS) is 36.5. The van der Waals surface area contributed by atoms with Crippen LogP contribution in [0.1, 0.15) is 52.9 Å². The molecule has 4 unspecified atom stereocenters. The van der Waals surface area contributed by atoms with Crippen molar-refractivity contribution < 1.29 is 5.11 Å². The zero-order valence-electron chi connectivity index (χ0n) is 10.5. The molecule has 1 heteroatoms. The average molecular weight is 210 g/mol. The maximum absolute atomic E-state index is 10.1. The lowest BCUT2D eigenvalue weighted by molar-refractivity contribution is 0.0160. The van der Waals surface area contributed by atoms with Crippen LogP contribution in [-0.4, -0.2) is 11.2 Å². The molecule has 4 atom stereocenters. The van der Waals surface area contributed by atoms with Gasteiger partial charge in [0.25, 0.3) is 0 Å². The minimum absolute atomic E-state index is 0.138. The number of hydrogen-bond donors (Lipinski definition) is 1. The molecule has 0 aliphatic heterocycles. The highest BCUT2D eigenvalue weighted by Gasteiger charge is 2.37. The number of aliphatic hydroxyl groups is 1. The van der Waals surface area contributed by atoms with Gasteiger partial charge in [-0.15, -0.1) is 0 Å². The zero-order chi connectivity index (χ0) is 11.4. The summed E-state index contributed by atoms with van der Waals surface area (Å²) < 4.78 is 0. The van der Waals surface area contributed by atoms with Gasteiger partial charge >= 0.3 is 0 Å². The highest BCUT2D eigenvalue weighted by Crippen LogP contribution is 2.42. The first-order chi connectivity index (χ1) is 7.11. The Hall–Kier alpha value is -0.300.